The third-order valence-corrected chi connectivity index (χ3v) is 2.80. The van der Waals surface area contributed by atoms with E-state index in [1.54, 1.807) is 7.11 Å². The minimum atomic E-state index is 0.311. The largest absolute Gasteiger partial charge is 0.497 e. The maximum absolute atomic E-state index is 7.66. The lowest BCUT2D eigenvalue weighted by molar-refractivity contribution is 0.317. The quantitative estimate of drug-likeness (QED) is 0.660. The summed E-state index contributed by atoms with van der Waals surface area (Å²) in [5.41, 5.74) is 1.09. The molecule has 2 rings (SSSR count). The number of fused-ring (bicyclic) bond motifs is 1. The van der Waals surface area contributed by atoms with E-state index in [1.807, 2.05) is 37.3 Å². The Labute approximate surface area is 107 Å². The van der Waals surface area contributed by atoms with Gasteiger partial charge in [0.1, 0.15) is 5.75 Å². The highest BCUT2D eigenvalue weighted by Gasteiger charge is 2.02. The van der Waals surface area contributed by atoms with Gasteiger partial charge in [-0.05, 0) is 35.4 Å². The molecule has 0 aliphatic heterocycles. The first kappa shape index (κ1) is 12.4. The Bertz CT molecular complexity index is 563. The highest BCUT2D eigenvalue weighted by molar-refractivity contribution is 5.86. The van der Waals surface area contributed by atoms with Gasteiger partial charge in [-0.2, -0.15) is 0 Å². The van der Waals surface area contributed by atoms with E-state index in [1.165, 1.54) is 0 Å². The van der Waals surface area contributed by atoms with Gasteiger partial charge >= 0.3 is 0 Å². The lowest BCUT2D eigenvalue weighted by Crippen LogP contribution is -2.06. The molecule has 0 saturated carbocycles. The van der Waals surface area contributed by atoms with E-state index in [2.05, 4.69) is 6.07 Å². The van der Waals surface area contributed by atoms with E-state index in [-0.39, 0.29) is 0 Å². The van der Waals surface area contributed by atoms with Crippen molar-refractivity contribution in [2.75, 3.05) is 13.7 Å². The fraction of sp³-hybridized carbons (Fsp3) is 0.267. The number of ether oxygens (including phenoxy) is 2. The molecular weight excluding hydrogens is 226 g/mol. The van der Waals surface area contributed by atoms with E-state index < -0.39 is 0 Å². The molecule has 0 amide bonds. The van der Waals surface area contributed by atoms with Crippen LogP contribution in [-0.2, 0) is 11.2 Å². The van der Waals surface area contributed by atoms with Gasteiger partial charge in [-0.15, -0.1) is 0 Å². The molecule has 0 heterocycles. The van der Waals surface area contributed by atoms with Crippen LogP contribution in [0.3, 0.4) is 0 Å². The van der Waals surface area contributed by atoms with Crippen LogP contribution in [0, 0.1) is 5.41 Å². The van der Waals surface area contributed by atoms with Crippen LogP contribution in [0.1, 0.15) is 12.5 Å². The van der Waals surface area contributed by atoms with Crippen LogP contribution in [0.25, 0.3) is 10.8 Å². The summed E-state index contributed by atoms with van der Waals surface area (Å²) in [6.45, 7) is 2.44. The third kappa shape index (κ3) is 2.80. The summed E-state index contributed by atoms with van der Waals surface area (Å²) in [6, 6.07) is 12.1. The van der Waals surface area contributed by atoms with Crippen molar-refractivity contribution >= 4 is 16.7 Å². The highest BCUT2D eigenvalue weighted by atomic mass is 16.5. The maximum Gasteiger partial charge on any atom is 0.184 e. The molecular formula is C15H17NO2. The SMILES string of the molecule is CCOC(=N)Cc1ccc2cc(OC)ccc2c1. The zero-order valence-electron chi connectivity index (χ0n) is 10.7. The minimum Gasteiger partial charge on any atom is -0.497 e. The van der Waals surface area contributed by atoms with Gasteiger partial charge in [-0.25, -0.2) is 0 Å². The topological polar surface area (TPSA) is 42.3 Å². The molecule has 0 radical (unpaired) electrons. The molecule has 0 aliphatic carbocycles. The third-order valence-electron chi connectivity index (χ3n) is 2.80. The van der Waals surface area contributed by atoms with Crippen LogP contribution in [0.5, 0.6) is 5.75 Å². The summed E-state index contributed by atoms with van der Waals surface area (Å²) in [4.78, 5) is 0. The fourth-order valence-electron chi connectivity index (χ4n) is 1.92. The van der Waals surface area contributed by atoms with Crippen molar-refractivity contribution in [3.05, 3.63) is 42.0 Å². The molecule has 0 aliphatic rings. The molecule has 3 nitrogen and oxygen atoms in total. The number of hydrogen-bond donors (Lipinski definition) is 1. The Morgan fingerprint density at radius 3 is 2.56 bits per heavy atom. The summed E-state index contributed by atoms with van der Waals surface area (Å²) < 4.78 is 10.4. The van der Waals surface area contributed by atoms with Gasteiger partial charge in [0.15, 0.2) is 5.90 Å². The average Bonchev–Trinajstić information content (AvgIpc) is 2.38. The lowest BCUT2D eigenvalue weighted by atomic mass is 10.0. The van der Waals surface area contributed by atoms with Crippen LogP contribution in [0.4, 0.5) is 0 Å². The van der Waals surface area contributed by atoms with E-state index in [0.29, 0.717) is 18.9 Å². The zero-order chi connectivity index (χ0) is 13.0. The maximum atomic E-state index is 7.66. The summed E-state index contributed by atoms with van der Waals surface area (Å²) in [7, 11) is 1.67. The van der Waals surface area contributed by atoms with Crippen molar-refractivity contribution in [1.82, 2.24) is 0 Å². The molecule has 2 aromatic carbocycles. The second-order valence-corrected chi connectivity index (χ2v) is 4.08. The van der Waals surface area contributed by atoms with Crippen molar-refractivity contribution in [2.45, 2.75) is 13.3 Å². The van der Waals surface area contributed by atoms with Crippen LogP contribution >= 0.6 is 0 Å². The number of hydrogen-bond acceptors (Lipinski definition) is 3. The molecule has 0 aromatic heterocycles. The Kier molecular flexibility index (Phi) is 3.82. The Morgan fingerprint density at radius 1 is 1.11 bits per heavy atom. The molecule has 0 spiro atoms. The normalized spacial score (nSPS) is 10.3. The first-order valence-electron chi connectivity index (χ1n) is 6.00. The minimum absolute atomic E-state index is 0.311. The Balaban J connectivity index is 2.25. The Morgan fingerprint density at radius 2 is 1.83 bits per heavy atom. The van der Waals surface area contributed by atoms with Gasteiger partial charge in [0.05, 0.1) is 13.7 Å². The van der Waals surface area contributed by atoms with E-state index >= 15 is 0 Å². The molecule has 3 heteroatoms. The molecule has 94 valence electrons. The molecule has 0 fully saturated rings. The monoisotopic (exact) mass is 243 g/mol. The smallest absolute Gasteiger partial charge is 0.184 e. The first-order chi connectivity index (χ1) is 8.72. The van der Waals surface area contributed by atoms with Crippen molar-refractivity contribution in [3.8, 4) is 5.75 Å². The van der Waals surface area contributed by atoms with Gasteiger partial charge in [-0.1, -0.05) is 24.3 Å². The van der Waals surface area contributed by atoms with Crippen LogP contribution in [0.2, 0.25) is 0 Å². The predicted octanol–water partition coefficient (Wildman–Crippen LogP) is 3.40. The second-order valence-electron chi connectivity index (χ2n) is 4.08. The second kappa shape index (κ2) is 5.54. The summed E-state index contributed by atoms with van der Waals surface area (Å²) in [6.07, 6.45) is 0.538. The van der Waals surface area contributed by atoms with Crippen molar-refractivity contribution in [3.63, 3.8) is 0 Å². The van der Waals surface area contributed by atoms with E-state index in [9.17, 15) is 0 Å². The predicted molar refractivity (Wildman–Crippen MR) is 73.6 cm³/mol. The first-order valence-corrected chi connectivity index (χ1v) is 6.00. The zero-order valence-corrected chi connectivity index (χ0v) is 10.7. The molecule has 0 bridgehead atoms. The summed E-state index contributed by atoms with van der Waals surface area (Å²) in [5, 5.41) is 9.95. The van der Waals surface area contributed by atoms with Crippen LogP contribution in [-0.4, -0.2) is 19.6 Å². The summed E-state index contributed by atoms with van der Waals surface area (Å²) in [5.74, 6) is 1.17. The molecule has 0 atom stereocenters. The summed E-state index contributed by atoms with van der Waals surface area (Å²) >= 11 is 0. The lowest BCUT2D eigenvalue weighted by Gasteiger charge is -2.07. The molecule has 2 aromatic rings. The molecule has 0 saturated heterocycles. The van der Waals surface area contributed by atoms with Gasteiger partial charge < -0.3 is 9.47 Å². The van der Waals surface area contributed by atoms with Crippen molar-refractivity contribution < 1.29 is 9.47 Å². The van der Waals surface area contributed by atoms with Crippen LogP contribution in [0.15, 0.2) is 36.4 Å². The van der Waals surface area contributed by atoms with Crippen LogP contribution < -0.4 is 4.74 Å². The number of nitrogens with one attached hydrogen (secondary N) is 1. The van der Waals surface area contributed by atoms with Gasteiger partial charge in [0.2, 0.25) is 0 Å². The molecule has 18 heavy (non-hydrogen) atoms. The fourth-order valence-corrected chi connectivity index (χ4v) is 1.92. The number of rotatable bonds is 4. The standard InChI is InChI=1S/C15H17NO2/c1-3-18-15(16)9-11-4-5-13-10-14(17-2)7-6-12(13)8-11/h4-8,10,16H,3,9H2,1-2H3. The van der Waals surface area contributed by atoms with Crippen molar-refractivity contribution in [1.29, 1.82) is 5.41 Å². The number of benzene rings is 2. The van der Waals surface area contributed by atoms with Crippen molar-refractivity contribution in [2.24, 2.45) is 0 Å². The van der Waals surface area contributed by atoms with Gasteiger partial charge in [0, 0.05) is 6.42 Å². The number of methoxy groups -OCH3 is 1. The molecule has 1 N–H and O–H groups in total. The highest BCUT2D eigenvalue weighted by Crippen LogP contribution is 2.22. The molecule has 0 unspecified atom stereocenters. The average molecular weight is 243 g/mol. The van der Waals surface area contributed by atoms with Gasteiger partial charge in [-0.3, -0.25) is 5.41 Å². The van der Waals surface area contributed by atoms with Gasteiger partial charge in [0.25, 0.3) is 0 Å². The van der Waals surface area contributed by atoms with E-state index in [4.69, 9.17) is 14.9 Å². The Hall–Kier alpha value is -2.03. The van der Waals surface area contributed by atoms with E-state index in [0.717, 1.165) is 22.1 Å².